The van der Waals surface area contributed by atoms with Gasteiger partial charge in [0.15, 0.2) is 6.61 Å². The maximum atomic E-state index is 12.0. The molecule has 2 amide bonds. The Kier molecular flexibility index (Phi) is 6.92. The van der Waals surface area contributed by atoms with E-state index in [9.17, 15) is 14.4 Å². The van der Waals surface area contributed by atoms with Crippen molar-refractivity contribution in [3.05, 3.63) is 64.7 Å². The van der Waals surface area contributed by atoms with Crippen molar-refractivity contribution in [2.24, 2.45) is 0 Å². The molecule has 0 heterocycles. The molecule has 0 fully saturated rings. The Morgan fingerprint density at radius 3 is 2.44 bits per heavy atom. The van der Waals surface area contributed by atoms with Gasteiger partial charge in [-0.2, -0.15) is 5.26 Å². The number of ether oxygens (including phenoxy) is 1. The lowest BCUT2D eigenvalue weighted by Gasteiger charge is -2.17. The number of hydrogen-bond donors (Lipinski definition) is 1. The first-order valence-electron chi connectivity index (χ1n) is 7.86. The molecule has 0 aromatic heterocycles. The van der Waals surface area contributed by atoms with Gasteiger partial charge in [0.05, 0.1) is 34.5 Å². The molecule has 0 saturated carbocycles. The molecule has 27 heavy (non-hydrogen) atoms. The van der Waals surface area contributed by atoms with E-state index in [1.165, 1.54) is 31.3 Å². The molecule has 0 spiro atoms. The normalized spacial score (nSPS) is 9.81. The minimum atomic E-state index is -0.693. The molecule has 8 heteroatoms. The quantitative estimate of drug-likeness (QED) is 0.770. The summed E-state index contributed by atoms with van der Waals surface area (Å²) in [6, 6.07) is 14.5. The molecular weight excluding hydrogens is 370 g/mol. The summed E-state index contributed by atoms with van der Waals surface area (Å²) in [7, 11) is 1.42. The highest BCUT2D eigenvalue weighted by atomic mass is 35.5. The molecule has 2 aromatic carbocycles. The van der Waals surface area contributed by atoms with Gasteiger partial charge in [-0.3, -0.25) is 9.59 Å². The fraction of sp³-hybridized carbons (Fsp3) is 0.158. The first-order chi connectivity index (χ1) is 12.9. The minimum absolute atomic E-state index is 0.223. The topological polar surface area (TPSA) is 99.5 Å². The van der Waals surface area contributed by atoms with E-state index in [2.05, 4.69) is 5.32 Å². The van der Waals surface area contributed by atoms with E-state index in [-0.39, 0.29) is 12.1 Å². The SMILES string of the molecule is CN(CC(=O)Nc1ccccc1Cl)C(=O)COC(=O)c1ccc(C#N)cc1. The summed E-state index contributed by atoms with van der Waals surface area (Å²) in [6.07, 6.45) is 0. The van der Waals surface area contributed by atoms with Gasteiger partial charge >= 0.3 is 5.97 Å². The number of hydrogen-bond acceptors (Lipinski definition) is 5. The van der Waals surface area contributed by atoms with Crippen LogP contribution in [0.4, 0.5) is 5.69 Å². The number of carbonyl (C=O) groups is 3. The van der Waals surface area contributed by atoms with Crippen LogP contribution in [0.1, 0.15) is 15.9 Å². The summed E-state index contributed by atoms with van der Waals surface area (Å²) < 4.78 is 4.94. The van der Waals surface area contributed by atoms with Crippen LogP contribution in [-0.2, 0) is 14.3 Å². The molecule has 0 aliphatic heterocycles. The first-order valence-corrected chi connectivity index (χ1v) is 8.24. The zero-order valence-electron chi connectivity index (χ0n) is 14.4. The number of anilines is 1. The molecule has 0 bridgehead atoms. The van der Waals surface area contributed by atoms with Gasteiger partial charge in [-0.15, -0.1) is 0 Å². The van der Waals surface area contributed by atoms with Crippen molar-refractivity contribution in [2.75, 3.05) is 25.5 Å². The smallest absolute Gasteiger partial charge is 0.338 e. The Morgan fingerprint density at radius 2 is 1.81 bits per heavy atom. The number of nitriles is 1. The Balaban J connectivity index is 1.82. The fourth-order valence-corrected chi connectivity index (χ4v) is 2.24. The predicted molar refractivity (Wildman–Crippen MR) is 99.2 cm³/mol. The molecule has 0 aliphatic rings. The highest BCUT2D eigenvalue weighted by molar-refractivity contribution is 6.33. The van der Waals surface area contributed by atoms with Crippen molar-refractivity contribution in [3.63, 3.8) is 0 Å². The number of carbonyl (C=O) groups excluding carboxylic acids is 3. The highest BCUT2D eigenvalue weighted by Crippen LogP contribution is 2.20. The molecule has 7 nitrogen and oxygen atoms in total. The van der Waals surface area contributed by atoms with Crippen LogP contribution in [0.3, 0.4) is 0 Å². The Bertz CT molecular complexity index is 891. The van der Waals surface area contributed by atoms with Gasteiger partial charge in [0.25, 0.3) is 5.91 Å². The van der Waals surface area contributed by atoms with E-state index in [1.54, 1.807) is 24.3 Å². The van der Waals surface area contributed by atoms with Gasteiger partial charge in [-0.1, -0.05) is 23.7 Å². The first kappa shape index (κ1) is 19.9. The summed E-state index contributed by atoms with van der Waals surface area (Å²) in [6.45, 7) is -0.729. The number of nitrogens with one attached hydrogen (secondary N) is 1. The molecule has 0 saturated heterocycles. The van der Waals surface area contributed by atoms with Gasteiger partial charge < -0.3 is 15.0 Å². The van der Waals surface area contributed by atoms with Crippen molar-refractivity contribution in [1.29, 1.82) is 5.26 Å². The molecule has 2 aromatic rings. The molecule has 1 N–H and O–H groups in total. The zero-order chi connectivity index (χ0) is 19.8. The van der Waals surface area contributed by atoms with E-state index in [4.69, 9.17) is 21.6 Å². The van der Waals surface area contributed by atoms with E-state index >= 15 is 0 Å². The van der Waals surface area contributed by atoms with Crippen molar-refractivity contribution in [1.82, 2.24) is 4.90 Å². The van der Waals surface area contributed by atoms with Crippen molar-refractivity contribution < 1.29 is 19.1 Å². The van der Waals surface area contributed by atoms with E-state index < -0.39 is 24.4 Å². The number of likely N-dealkylation sites (N-methyl/N-ethyl adjacent to an activating group) is 1. The predicted octanol–water partition coefficient (Wildman–Crippen LogP) is 2.47. The average Bonchev–Trinajstić information content (AvgIpc) is 2.67. The number of benzene rings is 2. The number of esters is 1. The summed E-state index contributed by atoms with van der Waals surface area (Å²) in [4.78, 5) is 37.1. The van der Waals surface area contributed by atoms with Crippen molar-refractivity contribution in [2.45, 2.75) is 0 Å². The molecule has 138 valence electrons. The van der Waals surface area contributed by atoms with Gasteiger partial charge in [0, 0.05) is 7.05 Å². The van der Waals surface area contributed by atoms with Crippen molar-refractivity contribution >= 4 is 35.1 Å². The summed E-state index contributed by atoms with van der Waals surface area (Å²) in [5.74, 6) is -1.66. The number of nitrogens with zero attached hydrogens (tertiary/aromatic N) is 2. The number of amides is 2. The summed E-state index contributed by atoms with van der Waals surface area (Å²) in [5.41, 5.74) is 1.07. The molecule has 0 radical (unpaired) electrons. The third-order valence-corrected chi connectivity index (χ3v) is 3.86. The van der Waals surface area contributed by atoms with Crippen LogP contribution in [0.25, 0.3) is 0 Å². The Morgan fingerprint density at radius 1 is 1.15 bits per heavy atom. The number of halogens is 1. The Labute approximate surface area is 161 Å². The van der Waals surface area contributed by atoms with Gasteiger partial charge in [-0.25, -0.2) is 4.79 Å². The number of rotatable bonds is 6. The third-order valence-electron chi connectivity index (χ3n) is 3.53. The van der Waals surface area contributed by atoms with Gasteiger partial charge in [0.1, 0.15) is 0 Å². The standard InChI is InChI=1S/C19H16ClN3O4/c1-23(11-17(24)22-16-5-3-2-4-15(16)20)18(25)12-27-19(26)14-8-6-13(10-21)7-9-14/h2-9H,11-12H2,1H3,(H,22,24). The fourth-order valence-electron chi connectivity index (χ4n) is 2.06. The molecule has 2 rings (SSSR count). The van der Waals surface area contributed by atoms with Crippen LogP contribution < -0.4 is 5.32 Å². The maximum absolute atomic E-state index is 12.0. The second-order valence-corrected chi connectivity index (χ2v) is 5.95. The third kappa shape index (κ3) is 5.83. The zero-order valence-corrected chi connectivity index (χ0v) is 15.2. The molecule has 0 atom stereocenters. The van der Waals surface area contributed by atoms with Crippen LogP contribution in [0, 0.1) is 11.3 Å². The van der Waals surface area contributed by atoms with E-state index in [1.807, 2.05) is 6.07 Å². The lowest BCUT2D eigenvalue weighted by atomic mass is 10.1. The summed E-state index contributed by atoms with van der Waals surface area (Å²) >= 11 is 5.96. The number of para-hydroxylation sites is 1. The van der Waals surface area contributed by atoms with Crippen LogP contribution in [0.5, 0.6) is 0 Å². The summed E-state index contributed by atoms with van der Waals surface area (Å²) in [5, 5.41) is 11.7. The molecule has 0 unspecified atom stereocenters. The minimum Gasteiger partial charge on any atom is -0.452 e. The van der Waals surface area contributed by atoms with E-state index in [0.717, 1.165) is 4.90 Å². The van der Waals surface area contributed by atoms with Gasteiger partial charge in [0.2, 0.25) is 5.91 Å². The monoisotopic (exact) mass is 385 g/mol. The van der Waals surface area contributed by atoms with Crippen molar-refractivity contribution in [3.8, 4) is 6.07 Å². The molecular formula is C19H16ClN3O4. The van der Waals surface area contributed by atoms with Gasteiger partial charge in [-0.05, 0) is 36.4 Å². The second kappa shape index (κ2) is 9.36. The highest BCUT2D eigenvalue weighted by Gasteiger charge is 2.16. The van der Waals surface area contributed by atoms with Crippen LogP contribution in [0.15, 0.2) is 48.5 Å². The second-order valence-electron chi connectivity index (χ2n) is 5.54. The Hall–Kier alpha value is -3.37. The van der Waals surface area contributed by atoms with Crippen LogP contribution in [-0.4, -0.2) is 42.9 Å². The average molecular weight is 386 g/mol. The lowest BCUT2D eigenvalue weighted by Crippen LogP contribution is -2.37. The van der Waals surface area contributed by atoms with Crippen LogP contribution in [0.2, 0.25) is 5.02 Å². The molecule has 0 aliphatic carbocycles. The van der Waals surface area contributed by atoms with E-state index in [0.29, 0.717) is 16.3 Å². The largest absolute Gasteiger partial charge is 0.452 e. The van der Waals surface area contributed by atoms with Crippen LogP contribution >= 0.6 is 11.6 Å². The maximum Gasteiger partial charge on any atom is 0.338 e. The lowest BCUT2D eigenvalue weighted by molar-refractivity contribution is -0.136.